The summed E-state index contributed by atoms with van der Waals surface area (Å²) in [4.78, 5) is 26.2. The van der Waals surface area contributed by atoms with Crippen molar-refractivity contribution in [3.8, 4) is 0 Å². The van der Waals surface area contributed by atoms with Gasteiger partial charge < -0.3 is 0 Å². The van der Waals surface area contributed by atoms with E-state index in [1.807, 2.05) is 47.4 Å². The van der Waals surface area contributed by atoms with Gasteiger partial charge in [0.1, 0.15) is 0 Å². The molecule has 104 valence electrons. The van der Waals surface area contributed by atoms with Gasteiger partial charge in [-0.3, -0.25) is 14.5 Å². The van der Waals surface area contributed by atoms with Crippen molar-refractivity contribution in [2.24, 2.45) is 0 Å². The largest absolute Gasteiger partial charge is 0.298 e. The summed E-state index contributed by atoms with van der Waals surface area (Å²) in [6.07, 6.45) is 0.756. The van der Waals surface area contributed by atoms with Gasteiger partial charge in [0, 0.05) is 23.2 Å². The van der Waals surface area contributed by atoms with Crippen LogP contribution in [-0.2, 0) is 12.0 Å². The zero-order chi connectivity index (χ0) is 14.8. The van der Waals surface area contributed by atoms with Crippen LogP contribution in [0.3, 0.4) is 0 Å². The predicted octanol–water partition coefficient (Wildman–Crippen LogP) is 3.32. The van der Waals surface area contributed by atoms with E-state index in [0.717, 1.165) is 28.8 Å². The minimum absolute atomic E-state index is 0.0572. The fraction of sp³-hybridized carbons (Fsp3) is 0.222. The Balaban J connectivity index is 1.91. The number of amides is 1. The lowest BCUT2D eigenvalue weighted by molar-refractivity contribution is 0.0981. The number of nitrogens with zero attached hydrogens (tertiary/aromatic N) is 1. The number of ketones is 1. The molecule has 3 nitrogen and oxygen atoms in total. The lowest BCUT2D eigenvalue weighted by Gasteiger charge is -2.28. The molecule has 2 aliphatic heterocycles. The van der Waals surface area contributed by atoms with Gasteiger partial charge in [0.05, 0.1) is 5.54 Å². The van der Waals surface area contributed by atoms with E-state index in [9.17, 15) is 9.59 Å². The number of hydrogen-bond donors (Lipinski definition) is 0. The van der Waals surface area contributed by atoms with Crippen molar-refractivity contribution in [1.82, 2.24) is 0 Å². The molecule has 2 aliphatic rings. The van der Waals surface area contributed by atoms with Gasteiger partial charge in [-0.2, -0.15) is 0 Å². The van der Waals surface area contributed by atoms with Gasteiger partial charge in [-0.1, -0.05) is 18.2 Å². The highest BCUT2D eigenvalue weighted by Gasteiger charge is 2.51. The normalized spacial score (nSPS) is 22.0. The van der Waals surface area contributed by atoms with Gasteiger partial charge in [0.15, 0.2) is 5.78 Å². The summed E-state index contributed by atoms with van der Waals surface area (Å²) in [5, 5.41) is 0. The molecule has 0 N–H and O–H groups in total. The third kappa shape index (κ3) is 1.43. The molecule has 2 heterocycles. The summed E-state index contributed by atoms with van der Waals surface area (Å²) in [5.74, 6) is 0.115. The Morgan fingerprint density at radius 3 is 2.71 bits per heavy atom. The maximum Gasteiger partial charge on any atom is 0.259 e. The molecule has 0 saturated carbocycles. The fourth-order valence-corrected chi connectivity index (χ4v) is 3.69. The molecule has 0 radical (unpaired) electrons. The van der Waals surface area contributed by atoms with Crippen molar-refractivity contribution in [3.05, 3.63) is 64.7 Å². The molecule has 0 saturated heterocycles. The number of carbonyl (C=O) groups is 2. The first-order chi connectivity index (χ1) is 10.0. The molecular formula is C18H15NO2. The zero-order valence-corrected chi connectivity index (χ0v) is 12.0. The maximum absolute atomic E-state index is 12.7. The lowest BCUT2D eigenvalue weighted by atomic mass is 9.88. The van der Waals surface area contributed by atoms with Crippen LogP contribution in [0.5, 0.6) is 0 Å². The zero-order valence-electron chi connectivity index (χ0n) is 12.0. The fourth-order valence-electron chi connectivity index (χ4n) is 3.69. The van der Waals surface area contributed by atoms with Gasteiger partial charge >= 0.3 is 0 Å². The van der Waals surface area contributed by atoms with Crippen molar-refractivity contribution in [1.29, 1.82) is 0 Å². The number of anilines is 1. The molecule has 1 amide bonds. The molecule has 4 rings (SSSR count). The minimum atomic E-state index is -0.328. The standard InChI is InChI=1S/C18H15NO2/c1-11(20)12-7-8-16-13(9-12)10-18(2)15-6-4-3-5-14(15)17(21)19(16)18/h3-9H,10H2,1-2H3/t18-/m0/s1. The van der Waals surface area contributed by atoms with E-state index < -0.39 is 0 Å². The Bertz CT molecular complexity index is 809. The Hall–Kier alpha value is -2.42. The van der Waals surface area contributed by atoms with Gasteiger partial charge in [0.25, 0.3) is 5.91 Å². The van der Waals surface area contributed by atoms with Crippen LogP contribution >= 0.6 is 0 Å². The predicted molar refractivity (Wildman–Crippen MR) is 80.8 cm³/mol. The quantitative estimate of drug-likeness (QED) is 0.750. The molecule has 0 spiro atoms. The van der Waals surface area contributed by atoms with Gasteiger partial charge in [-0.25, -0.2) is 0 Å². The molecule has 0 unspecified atom stereocenters. The summed E-state index contributed by atoms with van der Waals surface area (Å²) >= 11 is 0. The summed E-state index contributed by atoms with van der Waals surface area (Å²) < 4.78 is 0. The molecule has 2 aromatic rings. The first-order valence-corrected chi connectivity index (χ1v) is 7.10. The van der Waals surface area contributed by atoms with E-state index in [2.05, 4.69) is 6.92 Å². The summed E-state index contributed by atoms with van der Waals surface area (Å²) in [6, 6.07) is 13.4. The van der Waals surface area contributed by atoms with Crippen LogP contribution in [0.1, 0.15) is 45.7 Å². The summed E-state index contributed by atoms with van der Waals surface area (Å²) in [6.45, 7) is 3.67. The molecular weight excluding hydrogens is 262 g/mol. The molecule has 2 aromatic carbocycles. The smallest absolute Gasteiger partial charge is 0.259 e. The van der Waals surface area contributed by atoms with E-state index in [4.69, 9.17) is 0 Å². The van der Waals surface area contributed by atoms with E-state index >= 15 is 0 Å². The number of fused-ring (bicyclic) bond motifs is 5. The Labute approximate surface area is 123 Å². The van der Waals surface area contributed by atoms with E-state index in [-0.39, 0.29) is 17.2 Å². The van der Waals surface area contributed by atoms with Crippen LogP contribution < -0.4 is 4.90 Å². The van der Waals surface area contributed by atoms with Crippen LogP contribution in [0.4, 0.5) is 5.69 Å². The minimum Gasteiger partial charge on any atom is -0.298 e. The van der Waals surface area contributed by atoms with Crippen molar-refractivity contribution >= 4 is 17.4 Å². The monoisotopic (exact) mass is 277 g/mol. The van der Waals surface area contributed by atoms with E-state index in [1.54, 1.807) is 6.92 Å². The SMILES string of the molecule is CC(=O)c1ccc2c(c1)C[C@@]1(C)c3ccccc3C(=O)N21. The third-order valence-corrected chi connectivity index (χ3v) is 4.70. The Morgan fingerprint density at radius 1 is 1.19 bits per heavy atom. The average Bonchev–Trinajstić information content (AvgIpc) is 2.88. The number of Topliss-reactive ketones (excluding diaryl/α,β-unsaturated/α-hetero) is 1. The topological polar surface area (TPSA) is 37.4 Å². The highest BCUT2D eigenvalue weighted by atomic mass is 16.2. The number of carbonyl (C=O) groups excluding carboxylic acids is 2. The van der Waals surface area contributed by atoms with Crippen molar-refractivity contribution in [3.63, 3.8) is 0 Å². The first-order valence-electron chi connectivity index (χ1n) is 7.10. The number of benzene rings is 2. The number of hydrogen-bond acceptors (Lipinski definition) is 2. The second-order valence-corrected chi connectivity index (χ2v) is 6.04. The van der Waals surface area contributed by atoms with Crippen molar-refractivity contribution in [2.45, 2.75) is 25.8 Å². The van der Waals surface area contributed by atoms with E-state index in [0.29, 0.717) is 5.56 Å². The van der Waals surface area contributed by atoms with Crippen molar-refractivity contribution < 1.29 is 9.59 Å². The Morgan fingerprint density at radius 2 is 1.95 bits per heavy atom. The van der Waals surface area contributed by atoms with Gasteiger partial charge in [-0.15, -0.1) is 0 Å². The summed E-state index contributed by atoms with van der Waals surface area (Å²) in [7, 11) is 0. The van der Waals surface area contributed by atoms with Crippen LogP contribution in [0.15, 0.2) is 42.5 Å². The molecule has 0 aliphatic carbocycles. The average molecular weight is 277 g/mol. The van der Waals surface area contributed by atoms with Crippen LogP contribution in [-0.4, -0.2) is 11.7 Å². The van der Waals surface area contributed by atoms with Crippen LogP contribution in [0.2, 0.25) is 0 Å². The molecule has 0 bridgehead atoms. The van der Waals surface area contributed by atoms with Gasteiger partial charge in [-0.05, 0) is 49.2 Å². The van der Waals surface area contributed by atoms with Gasteiger partial charge in [0.2, 0.25) is 0 Å². The van der Waals surface area contributed by atoms with Crippen LogP contribution in [0.25, 0.3) is 0 Å². The number of rotatable bonds is 1. The summed E-state index contributed by atoms with van der Waals surface area (Å²) in [5.41, 5.74) is 4.26. The first kappa shape index (κ1) is 12.3. The molecule has 0 fully saturated rings. The molecule has 3 heteroatoms. The molecule has 0 aromatic heterocycles. The highest BCUT2D eigenvalue weighted by Crippen LogP contribution is 2.50. The van der Waals surface area contributed by atoms with Crippen LogP contribution in [0, 0.1) is 0 Å². The van der Waals surface area contributed by atoms with Crippen molar-refractivity contribution in [2.75, 3.05) is 4.90 Å². The molecule has 21 heavy (non-hydrogen) atoms. The second-order valence-electron chi connectivity index (χ2n) is 6.04. The molecule has 1 atom stereocenters. The third-order valence-electron chi connectivity index (χ3n) is 4.70. The maximum atomic E-state index is 12.7. The Kier molecular flexibility index (Phi) is 2.24. The second kappa shape index (κ2) is 3.82. The highest BCUT2D eigenvalue weighted by molar-refractivity contribution is 6.13. The lowest BCUT2D eigenvalue weighted by Crippen LogP contribution is -2.38. The van der Waals surface area contributed by atoms with E-state index in [1.165, 1.54) is 0 Å².